The SMILES string of the molecule is COCCNC(=O)c1cccc(/C=C/C(=O)c2c(O)c3cccnc3oc2=O)c1. The number of rotatable bonds is 7. The highest BCUT2D eigenvalue weighted by atomic mass is 16.5. The molecule has 0 aliphatic rings. The molecule has 1 amide bonds. The van der Waals surface area contributed by atoms with Gasteiger partial charge in [0.1, 0.15) is 11.3 Å². The monoisotopic (exact) mass is 394 g/mol. The number of methoxy groups -OCH3 is 1. The van der Waals surface area contributed by atoms with Crippen molar-refractivity contribution in [2.24, 2.45) is 0 Å². The van der Waals surface area contributed by atoms with Crippen LogP contribution in [-0.4, -0.2) is 42.0 Å². The molecular weight excluding hydrogens is 376 g/mol. The van der Waals surface area contributed by atoms with Crippen LogP contribution in [0.3, 0.4) is 0 Å². The average molecular weight is 394 g/mol. The molecule has 0 saturated carbocycles. The van der Waals surface area contributed by atoms with Crippen LogP contribution in [0.4, 0.5) is 0 Å². The Morgan fingerprint density at radius 2 is 2.10 bits per heavy atom. The van der Waals surface area contributed by atoms with Crippen LogP contribution in [0.2, 0.25) is 0 Å². The first-order valence-electron chi connectivity index (χ1n) is 8.71. The van der Waals surface area contributed by atoms with Gasteiger partial charge in [0.2, 0.25) is 5.71 Å². The van der Waals surface area contributed by atoms with E-state index in [9.17, 15) is 19.5 Å². The second-order valence-corrected chi connectivity index (χ2v) is 6.04. The van der Waals surface area contributed by atoms with E-state index in [2.05, 4.69) is 10.3 Å². The van der Waals surface area contributed by atoms with Crippen LogP contribution in [0.15, 0.2) is 57.9 Å². The van der Waals surface area contributed by atoms with E-state index in [-0.39, 0.29) is 17.0 Å². The lowest BCUT2D eigenvalue weighted by molar-refractivity contribution is 0.0936. The molecule has 0 atom stereocenters. The molecule has 1 aromatic carbocycles. The molecule has 0 radical (unpaired) electrons. The molecule has 8 nitrogen and oxygen atoms in total. The minimum atomic E-state index is -0.977. The highest BCUT2D eigenvalue weighted by molar-refractivity contribution is 6.10. The zero-order valence-corrected chi connectivity index (χ0v) is 15.5. The number of hydrogen-bond acceptors (Lipinski definition) is 7. The summed E-state index contributed by atoms with van der Waals surface area (Å²) in [5.41, 5.74) is -0.522. The van der Waals surface area contributed by atoms with Crippen molar-refractivity contribution in [2.75, 3.05) is 20.3 Å². The summed E-state index contributed by atoms with van der Waals surface area (Å²) in [6, 6.07) is 9.64. The van der Waals surface area contributed by atoms with Crippen molar-refractivity contribution in [2.45, 2.75) is 0 Å². The van der Waals surface area contributed by atoms with Gasteiger partial charge in [0.25, 0.3) is 5.91 Å². The second-order valence-electron chi connectivity index (χ2n) is 6.04. The summed E-state index contributed by atoms with van der Waals surface area (Å²) >= 11 is 0. The normalized spacial score (nSPS) is 11.1. The standard InChI is InChI=1S/C21H18N2O6/c1-28-11-10-22-19(26)14-5-2-4-13(12-14)7-8-16(24)17-18(25)15-6-3-9-23-20(15)29-21(17)27/h2-9,12,25H,10-11H2,1H3,(H,22,26)/b8-7+. The average Bonchev–Trinajstić information content (AvgIpc) is 2.72. The number of benzene rings is 1. The van der Waals surface area contributed by atoms with Crippen LogP contribution in [0.1, 0.15) is 26.3 Å². The fraction of sp³-hybridized carbons (Fsp3) is 0.143. The number of fused-ring (bicyclic) bond motifs is 1. The Kier molecular flexibility index (Phi) is 6.16. The summed E-state index contributed by atoms with van der Waals surface area (Å²) < 4.78 is 9.88. The van der Waals surface area contributed by atoms with Crippen molar-refractivity contribution in [3.05, 3.63) is 75.8 Å². The number of aromatic nitrogens is 1. The highest BCUT2D eigenvalue weighted by Gasteiger charge is 2.19. The number of amides is 1. The third-order valence-electron chi connectivity index (χ3n) is 4.07. The lowest BCUT2D eigenvalue weighted by atomic mass is 10.1. The summed E-state index contributed by atoms with van der Waals surface area (Å²) in [5.74, 6) is -1.48. The Morgan fingerprint density at radius 1 is 1.28 bits per heavy atom. The van der Waals surface area contributed by atoms with Crippen molar-refractivity contribution < 1.29 is 23.8 Å². The van der Waals surface area contributed by atoms with Crippen LogP contribution < -0.4 is 10.9 Å². The maximum Gasteiger partial charge on any atom is 0.352 e. The molecular formula is C21H18N2O6. The van der Waals surface area contributed by atoms with Crippen LogP contribution in [-0.2, 0) is 4.74 Å². The van der Waals surface area contributed by atoms with Gasteiger partial charge in [0.05, 0.1) is 12.0 Å². The van der Waals surface area contributed by atoms with Crippen LogP contribution in [0, 0.1) is 0 Å². The fourth-order valence-electron chi connectivity index (χ4n) is 2.65. The molecule has 2 N–H and O–H groups in total. The predicted molar refractivity (Wildman–Crippen MR) is 106 cm³/mol. The summed E-state index contributed by atoms with van der Waals surface area (Å²) in [4.78, 5) is 40.5. The molecule has 29 heavy (non-hydrogen) atoms. The van der Waals surface area contributed by atoms with Gasteiger partial charge in [-0.05, 0) is 35.9 Å². The Hall–Kier alpha value is -3.78. The number of nitrogens with one attached hydrogen (secondary N) is 1. The van der Waals surface area contributed by atoms with E-state index in [4.69, 9.17) is 9.15 Å². The molecule has 0 saturated heterocycles. The number of carbonyl (C=O) groups excluding carboxylic acids is 2. The highest BCUT2D eigenvalue weighted by Crippen LogP contribution is 2.25. The second kappa shape index (κ2) is 8.94. The first-order valence-corrected chi connectivity index (χ1v) is 8.71. The molecule has 0 unspecified atom stereocenters. The number of hydrogen-bond donors (Lipinski definition) is 2. The van der Waals surface area contributed by atoms with E-state index >= 15 is 0 Å². The van der Waals surface area contributed by atoms with Gasteiger partial charge in [-0.3, -0.25) is 9.59 Å². The van der Waals surface area contributed by atoms with Crippen molar-refractivity contribution >= 4 is 28.9 Å². The first kappa shape index (κ1) is 20.0. The van der Waals surface area contributed by atoms with Crippen LogP contribution >= 0.6 is 0 Å². The number of carbonyl (C=O) groups is 2. The number of ether oxygens (including phenoxy) is 1. The Morgan fingerprint density at radius 3 is 2.90 bits per heavy atom. The summed E-state index contributed by atoms with van der Waals surface area (Å²) in [5, 5.41) is 13.2. The first-order chi connectivity index (χ1) is 14.0. The van der Waals surface area contributed by atoms with Gasteiger partial charge < -0.3 is 19.6 Å². The maximum atomic E-state index is 12.5. The minimum Gasteiger partial charge on any atom is -0.506 e. The number of aromatic hydroxyl groups is 1. The molecule has 8 heteroatoms. The zero-order valence-electron chi connectivity index (χ0n) is 15.5. The van der Waals surface area contributed by atoms with Crippen molar-refractivity contribution in [1.82, 2.24) is 10.3 Å². The third kappa shape index (κ3) is 4.56. The largest absolute Gasteiger partial charge is 0.506 e. The number of ketones is 1. The van der Waals surface area contributed by atoms with E-state index in [0.717, 1.165) is 6.08 Å². The van der Waals surface area contributed by atoms with E-state index in [1.165, 1.54) is 18.3 Å². The van der Waals surface area contributed by atoms with Gasteiger partial charge in [-0.25, -0.2) is 9.78 Å². The quantitative estimate of drug-likeness (QED) is 0.358. The predicted octanol–water partition coefficient (Wildman–Crippen LogP) is 2.17. The molecule has 0 aliphatic heterocycles. The van der Waals surface area contributed by atoms with E-state index in [0.29, 0.717) is 24.3 Å². The van der Waals surface area contributed by atoms with E-state index in [1.807, 2.05) is 0 Å². The molecule has 148 valence electrons. The summed E-state index contributed by atoms with van der Waals surface area (Å²) in [7, 11) is 1.54. The van der Waals surface area contributed by atoms with E-state index < -0.39 is 22.7 Å². The molecule has 0 aliphatic carbocycles. The Labute approximate surface area is 165 Å². The number of nitrogens with zero attached hydrogens (tertiary/aromatic N) is 1. The zero-order chi connectivity index (χ0) is 20.8. The van der Waals surface area contributed by atoms with Gasteiger partial charge in [0.15, 0.2) is 5.78 Å². The summed E-state index contributed by atoms with van der Waals surface area (Å²) in [6.07, 6.45) is 3.99. The smallest absolute Gasteiger partial charge is 0.352 e. The molecule has 3 rings (SSSR count). The fourth-order valence-corrected chi connectivity index (χ4v) is 2.65. The maximum absolute atomic E-state index is 12.5. The molecule has 2 heterocycles. The van der Waals surface area contributed by atoms with E-state index in [1.54, 1.807) is 37.4 Å². The van der Waals surface area contributed by atoms with Crippen LogP contribution in [0.25, 0.3) is 17.2 Å². The lowest BCUT2D eigenvalue weighted by Crippen LogP contribution is -2.26. The van der Waals surface area contributed by atoms with Crippen molar-refractivity contribution in [3.8, 4) is 5.75 Å². The molecule has 0 bridgehead atoms. The van der Waals surface area contributed by atoms with Crippen molar-refractivity contribution in [3.63, 3.8) is 0 Å². The lowest BCUT2D eigenvalue weighted by Gasteiger charge is -2.05. The molecule has 0 spiro atoms. The van der Waals surface area contributed by atoms with Gasteiger partial charge in [-0.2, -0.15) is 0 Å². The Bertz CT molecular complexity index is 1150. The molecule has 2 aromatic heterocycles. The van der Waals surface area contributed by atoms with Gasteiger partial charge in [-0.1, -0.05) is 18.2 Å². The van der Waals surface area contributed by atoms with Gasteiger partial charge >= 0.3 is 5.63 Å². The van der Waals surface area contributed by atoms with Crippen LogP contribution in [0.5, 0.6) is 5.75 Å². The van der Waals surface area contributed by atoms with Gasteiger partial charge in [-0.15, -0.1) is 0 Å². The topological polar surface area (TPSA) is 119 Å². The minimum absolute atomic E-state index is 0.0530. The summed E-state index contributed by atoms with van der Waals surface area (Å²) in [6.45, 7) is 0.771. The van der Waals surface area contributed by atoms with Gasteiger partial charge in [0, 0.05) is 25.4 Å². The van der Waals surface area contributed by atoms with Crippen molar-refractivity contribution in [1.29, 1.82) is 0 Å². The Balaban J connectivity index is 1.83. The number of pyridine rings is 1. The molecule has 3 aromatic rings. The third-order valence-corrected chi connectivity index (χ3v) is 4.07. The number of allylic oxidation sites excluding steroid dienone is 1. The molecule has 0 fully saturated rings.